The highest BCUT2D eigenvalue weighted by Crippen LogP contribution is 2.39. The van der Waals surface area contributed by atoms with Crippen LogP contribution in [0.4, 0.5) is 5.69 Å². The van der Waals surface area contributed by atoms with E-state index in [1.165, 1.54) is 30.6 Å². The van der Waals surface area contributed by atoms with E-state index in [-0.39, 0.29) is 11.8 Å². The van der Waals surface area contributed by atoms with Crippen molar-refractivity contribution >= 4 is 29.3 Å². The predicted molar refractivity (Wildman–Crippen MR) is 82.4 cm³/mol. The average Bonchev–Trinajstić information content (AvgIpc) is 3.13. The predicted octanol–water partition coefficient (Wildman–Crippen LogP) is 3.38. The molecule has 0 radical (unpaired) electrons. The summed E-state index contributed by atoms with van der Waals surface area (Å²) in [6.07, 6.45) is 5.70. The van der Waals surface area contributed by atoms with E-state index in [1.807, 2.05) is 36.0 Å². The fourth-order valence-electron chi connectivity index (χ4n) is 2.81. The number of benzene rings is 1. The molecule has 2 atom stereocenters. The molecule has 1 aromatic carbocycles. The van der Waals surface area contributed by atoms with Gasteiger partial charge in [0.05, 0.1) is 11.8 Å². The van der Waals surface area contributed by atoms with Crippen molar-refractivity contribution in [3.05, 3.63) is 24.3 Å². The number of hydrogen-bond donors (Lipinski definition) is 2. The highest BCUT2D eigenvalue weighted by Gasteiger charge is 2.48. The Balaban J connectivity index is 1.52. The molecular weight excluding hydrogens is 286 g/mol. The third-order valence-corrected chi connectivity index (χ3v) is 5.52. The van der Waals surface area contributed by atoms with Crippen LogP contribution in [0.1, 0.15) is 32.1 Å². The summed E-state index contributed by atoms with van der Waals surface area (Å²) in [5, 5.41) is 12.4. The second-order valence-electron chi connectivity index (χ2n) is 5.82. The van der Waals surface area contributed by atoms with Crippen molar-refractivity contribution in [2.75, 3.05) is 5.32 Å². The highest BCUT2D eigenvalue weighted by molar-refractivity contribution is 8.00. The second kappa shape index (κ2) is 6.10. The monoisotopic (exact) mass is 305 g/mol. The van der Waals surface area contributed by atoms with Crippen molar-refractivity contribution in [1.29, 1.82) is 0 Å². The molecule has 0 saturated heterocycles. The SMILES string of the molecule is O=C(O)[C@H]1C[C@H]1C(=O)Nc1ccc(SC2CCCC2)cc1. The maximum absolute atomic E-state index is 11.9. The van der Waals surface area contributed by atoms with Crippen molar-refractivity contribution in [3.8, 4) is 0 Å². The van der Waals surface area contributed by atoms with Crippen LogP contribution in [-0.4, -0.2) is 22.2 Å². The number of aliphatic carboxylic acids is 1. The van der Waals surface area contributed by atoms with Crippen molar-refractivity contribution in [2.45, 2.75) is 42.2 Å². The topological polar surface area (TPSA) is 66.4 Å². The Morgan fingerprint density at radius 2 is 1.76 bits per heavy atom. The maximum atomic E-state index is 11.9. The van der Waals surface area contributed by atoms with E-state index in [0.29, 0.717) is 6.42 Å². The Hall–Kier alpha value is -1.49. The molecule has 4 nitrogen and oxygen atoms in total. The van der Waals surface area contributed by atoms with Crippen molar-refractivity contribution in [1.82, 2.24) is 0 Å². The van der Waals surface area contributed by atoms with Gasteiger partial charge in [0.1, 0.15) is 0 Å². The lowest BCUT2D eigenvalue weighted by Gasteiger charge is -2.09. The van der Waals surface area contributed by atoms with Crippen LogP contribution in [-0.2, 0) is 9.59 Å². The van der Waals surface area contributed by atoms with Crippen molar-refractivity contribution < 1.29 is 14.7 Å². The molecule has 2 aliphatic rings. The van der Waals surface area contributed by atoms with Gasteiger partial charge in [0.15, 0.2) is 0 Å². The van der Waals surface area contributed by atoms with Crippen molar-refractivity contribution in [2.24, 2.45) is 11.8 Å². The number of carbonyl (C=O) groups is 2. The number of carboxylic acids is 1. The molecule has 2 N–H and O–H groups in total. The Labute approximate surface area is 128 Å². The molecule has 1 aromatic rings. The van der Waals surface area contributed by atoms with E-state index < -0.39 is 11.9 Å². The molecule has 2 saturated carbocycles. The Kier molecular flexibility index (Phi) is 4.19. The standard InChI is InChI=1S/C16H19NO3S/c18-15(13-9-14(13)16(19)20)17-10-5-7-12(8-6-10)21-11-3-1-2-4-11/h5-8,11,13-14H,1-4,9H2,(H,17,18)(H,19,20)/t13-,14+/m1/s1. The van der Waals surface area contributed by atoms with E-state index in [1.54, 1.807) is 0 Å². The summed E-state index contributed by atoms with van der Waals surface area (Å²) in [6.45, 7) is 0. The van der Waals surface area contributed by atoms with Gasteiger partial charge in [-0.05, 0) is 43.5 Å². The van der Waals surface area contributed by atoms with Gasteiger partial charge in [-0.3, -0.25) is 9.59 Å². The number of hydrogen-bond acceptors (Lipinski definition) is 3. The van der Waals surface area contributed by atoms with Gasteiger partial charge in [0.2, 0.25) is 5.91 Å². The van der Waals surface area contributed by atoms with Gasteiger partial charge in [0.25, 0.3) is 0 Å². The summed E-state index contributed by atoms with van der Waals surface area (Å²) in [4.78, 5) is 23.9. The summed E-state index contributed by atoms with van der Waals surface area (Å²) in [6, 6.07) is 7.85. The molecule has 5 heteroatoms. The Bertz CT molecular complexity index is 537. The molecule has 0 aromatic heterocycles. The van der Waals surface area contributed by atoms with Gasteiger partial charge >= 0.3 is 5.97 Å². The first-order valence-corrected chi connectivity index (χ1v) is 8.32. The molecular formula is C16H19NO3S. The van der Waals surface area contributed by atoms with E-state index >= 15 is 0 Å². The van der Waals surface area contributed by atoms with Gasteiger partial charge in [-0.1, -0.05) is 12.8 Å². The van der Waals surface area contributed by atoms with Crippen LogP contribution >= 0.6 is 11.8 Å². The van der Waals surface area contributed by atoms with Crippen LogP contribution < -0.4 is 5.32 Å². The molecule has 2 fully saturated rings. The number of nitrogens with one attached hydrogen (secondary N) is 1. The Morgan fingerprint density at radius 1 is 1.10 bits per heavy atom. The number of carboxylic acid groups (broad SMARTS) is 1. The van der Waals surface area contributed by atoms with E-state index in [4.69, 9.17) is 5.11 Å². The van der Waals surface area contributed by atoms with Gasteiger partial charge in [-0.2, -0.15) is 0 Å². The van der Waals surface area contributed by atoms with Gasteiger partial charge in [0, 0.05) is 15.8 Å². The average molecular weight is 305 g/mol. The van der Waals surface area contributed by atoms with E-state index in [9.17, 15) is 9.59 Å². The lowest BCUT2D eigenvalue weighted by molar-refractivity contribution is -0.139. The lowest BCUT2D eigenvalue weighted by Crippen LogP contribution is -2.16. The smallest absolute Gasteiger partial charge is 0.307 e. The van der Waals surface area contributed by atoms with E-state index in [2.05, 4.69) is 5.32 Å². The third-order valence-electron chi connectivity index (χ3n) is 4.17. The molecule has 2 aliphatic carbocycles. The first kappa shape index (κ1) is 14.4. The molecule has 112 valence electrons. The minimum absolute atomic E-state index is 0.182. The zero-order valence-electron chi connectivity index (χ0n) is 11.7. The molecule has 0 aliphatic heterocycles. The number of anilines is 1. The van der Waals surface area contributed by atoms with Gasteiger partial charge in [-0.25, -0.2) is 0 Å². The molecule has 0 unspecified atom stereocenters. The molecule has 3 rings (SSSR count). The quantitative estimate of drug-likeness (QED) is 0.875. The highest BCUT2D eigenvalue weighted by atomic mass is 32.2. The summed E-state index contributed by atoms with van der Waals surface area (Å²) in [5.41, 5.74) is 0.742. The number of carbonyl (C=O) groups excluding carboxylic acids is 1. The summed E-state index contributed by atoms with van der Waals surface area (Å²) < 4.78 is 0. The maximum Gasteiger partial charge on any atom is 0.307 e. The molecule has 0 heterocycles. The molecule has 21 heavy (non-hydrogen) atoms. The van der Waals surface area contributed by atoms with Crippen LogP contribution in [0.25, 0.3) is 0 Å². The minimum Gasteiger partial charge on any atom is -0.481 e. The summed E-state index contributed by atoms with van der Waals surface area (Å²) >= 11 is 1.91. The minimum atomic E-state index is -0.876. The van der Waals surface area contributed by atoms with Crippen LogP contribution in [0.3, 0.4) is 0 Å². The largest absolute Gasteiger partial charge is 0.481 e. The zero-order valence-corrected chi connectivity index (χ0v) is 12.6. The second-order valence-corrected chi connectivity index (χ2v) is 7.20. The van der Waals surface area contributed by atoms with Crippen LogP contribution in [0.2, 0.25) is 0 Å². The number of rotatable bonds is 5. The summed E-state index contributed by atoms with van der Waals surface area (Å²) in [7, 11) is 0. The molecule has 0 spiro atoms. The van der Waals surface area contributed by atoms with Crippen molar-refractivity contribution in [3.63, 3.8) is 0 Å². The number of amides is 1. The van der Waals surface area contributed by atoms with Gasteiger partial charge < -0.3 is 10.4 Å². The first-order chi connectivity index (χ1) is 10.1. The van der Waals surface area contributed by atoms with Crippen LogP contribution in [0, 0.1) is 11.8 Å². The lowest BCUT2D eigenvalue weighted by atomic mass is 10.2. The van der Waals surface area contributed by atoms with Gasteiger partial charge in [-0.15, -0.1) is 11.8 Å². The van der Waals surface area contributed by atoms with E-state index in [0.717, 1.165) is 10.9 Å². The van der Waals surface area contributed by atoms with Crippen LogP contribution in [0.15, 0.2) is 29.2 Å². The molecule has 0 bridgehead atoms. The first-order valence-electron chi connectivity index (χ1n) is 7.44. The fraction of sp³-hybridized carbons (Fsp3) is 0.500. The number of thioether (sulfide) groups is 1. The third kappa shape index (κ3) is 3.59. The zero-order chi connectivity index (χ0) is 14.8. The van der Waals surface area contributed by atoms with Crippen LogP contribution in [0.5, 0.6) is 0 Å². The molecule has 1 amide bonds. The fourth-order valence-corrected chi connectivity index (χ4v) is 4.06. The Morgan fingerprint density at radius 3 is 2.33 bits per heavy atom. The summed E-state index contributed by atoms with van der Waals surface area (Å²) in [5.74, 6) is -1.92. The normalized spacial score (nSPS) is 24.8.